The number of imide groups is 2. The van der Waals surface area contributed by atoms with E-state index < -0.39 is 0 Å². The first-order valence-electron chi connectivity index (χ1n) is 23.6. The van der Waals surface area contributed by atoms with E-state index >= 15 is 0 Å². The number of piperidine rings is 2. The predicted molar refractivity (Wildman–Crippen MR) is 228 cm³/mol. The highest BCUT2D eigenvalue weighted by Gasteiger charge is 2.39. The van der Waals surface area contributed by atoms with Crippen molar-refractivity contribution in [2.75, 3.05) is 39.8 Å². The maximum Gasteiger partial charge on any atom is 0.324 e. The van der Waals surface area contributed by atoms with Crippen LogP contribution in [-0.2, 0) is 16.0 Å². The van der Waals surface area contributed by atoms with Gasteiger partial charge in [0.15, 0.2) is 0 Å². The monoisotopic (exact) mass is 789 g/mol. The predicted octanol–water partition coefficient (Wildman–Crippen LogP) is 8.68. The van der Waals surface area contributed by atoms with Crippen LogP contribution in [0.25, 0.3) is 0 Å². The molecule has 0 unspecified atom stereocenters. The van der Waals surface area contributed by atoms with Gasteiger partial charge in [-0.3, -0.25) is 19.4 Å². The molecule has 2 aliphatic heterocycles. The Balaban J connectivity index is 0.000000199. The largest absolute Gasteiger partial charge is 0.335 e. The summed E-state index contributed by atoms with van der Waals surface area (Å²) in [6.45, 7) is 4.66. The topological polar surface area (TPSA) is 105 Å². The second kappa shape index (κ2) is 23.0. The van der Waals surface area contributed by atoms with Crippen LogP contribution in [0.5, 0.6) is 0 Å². The number of urea groups is 2. The van der Waals surface area contributed by atoms with Crippen LogP contribution >= 0.6 is 0 Å². The van der Waals surface area contributed by atoms with E-state index in [9.17, 15) is 19.2 Å². The molecule has 0 aromatic heterocycles. The van der Waals surface area contributed by atoms with Gasteiger partial charge in [-0.05, 0) is 109 Å². The number of amides is 6. The van der Waals surface area contributed by atoms with Crippen molar-refractivity contribution in [1.82, 2.24) is 30.2 Å². The molecule has 318 valence electrons. The SMILES string of the molecule is CN1CCC[C@@H](C(=O)N(C(=O)NC2CCCCC2)C2CCCCC2)C1.O=C(NC1CCCCC1)N(C(=O)[C@@H]1CCCN(CCc2ccccc2)C1)C1CCCCC1. The number of nitrogens with zero attached hydrogens (tertiary/aromatic N) is 4. The van der Waals surface area contributed by atoms with Gasteiger partial charge in [0.25, 0.3) is 0 Å². The molecular weight excluding hydrogens is 713 g/mol. The molecule has 7 rings (SSSR count). The van der Waals surface area contributed by atoms with Crippen molar-refractivity contribution in [3.05, 3.63) is 35.9 Å². The Labute approximate surface area is 344 Å². The zero-order valence-electron chi connectivity index (χ0n) is 35.5. The molecule has 2 heterocycles. The van der Waals surface area contributed by atoms with E-state index in [0.717, 1.165) is 142 Å². The minimum Gasteiger partial charge on any atom is -0.335 e. The van der Waals surface area contributed by atoms with E-state index in [1.165, 1.54) is 56.9 Å². The maximum atomic E-state index is 13.7. The van der Waals surface area contributed by atoms with Crippen molar-refractivity contribution >= 4 is 23.9 Å². The summed E-state index contributed by atoms with van der Waals surface area (Å²) < 4.78 is 0. The fraction of sp³-hybridized carbons (Fsp3) is 0.787. The normalized spacial score (nSPS) is 25.1. The molecule has 2 N–H and O–H groups in total. The van der Waals surface area contributed by atoms with Gasteiger partial charge in [-0.15, -0.1) is 0 Å². The summed E-state index contributed by atoms with van der Waals surface area (Å²) in [5.74, 6) is 0.0812. The van der Waals surface area contributed by atoms with E-state index in [-0.39, 0.29) is 59.9 Å². The van der Waals surface area contributed by atoms with Crippen LogP contribution in [-0.4, -0.2) is 107 Å². The van der Waals surface area contributed by atoms with Crippen LogP contribution < -0.4 is 10.6 Å². The maximum absolute atomic E-state index is 13.7. The summed E-state index contributed by atoms with van der Waals surface area (Å²) in [6.07, 6.45) is 27.3. The van der Waals surface area contributed by atoms with E-state index in [1.807, 2.05) is 0 Å². The van der Waals surface area contributed by atoms with Crippen LogP contribution in [0.1, 0.15) is 160 Å². The number of nitrogens with one attached hydrogen (secondary N) is 2. The lowest BCUT2D eigenvalue weighted by Gasteiger charge is -2.39. The summed E-state index contributed by atoms with van der Waals surface area (Å²) in [4.78, 5) is 61.4. The van der Waals surface area contributed by atoms with E-state index in [0.29, 0.717) is 0 Å². The summed E-state index contributed by atoms with van der Waals surface area (Å²) in [7, 11) is 2.08. The Bertz CT molecular complexity index is 1390. The first-order valence-corrected chi connectivity index (χ1v) is 23.6. The van der Waals surface area contributed by atoms with E-state index in [1.54, 1.807) is 9.80 Å². The van der Waals surface area contributed by atoms with Crippen LogP contribution in [0.4, 0.5) is 9.59 Å². The van der Waals surface area contributed by atoms with Gasteiger partial charge in [-0.2, -0.15) is 0 Å². The molecule has 0 radical (unpaired) electrons. The summed E-state index contributed by atoms with van der Waals surface area (Å²) in [5, 5.41) is 6.45. The molecule has 1 aromatic rings. The molecule has 57 heavy (non-hydrogen) atoms. The van der Waals surface area contributed by atoms with Crippen molar-refractivity contribution in [2.24, 2.45) is 11.8 Å². The van der Waals surface area contributed by atoms with Crippen LogP contribution in [0.15, 0.2) is 30.3 Å². The summed E-state index contributed by atoms with van der Waals surface area (Å²) >= 11 is 0. The zero-order chi connectivity index (χ0) is 39.8. The van der Waals surface area contributed by atoms with Crippen LogP contribution in [0.3, 0.4) is 0 Å². The fourth-order valence-electron chi connectivity index (χ4n) is 10.7. The van der Waals surface area contributed by atoms with Crippen LogP contribution in [0, 0.1) is 11.8 Å². The number of hydrogen-bond donors (Lipinski definition) is 2. The number of hydrogen-bond acceptors (Lipinski definition) is 6. The molecule has 6 fully saturated rings. The molecule has 10 heteroatoms. The third kappa shape index (κ3) is 13.3. The third-order valence-corrected chi connectivity index (χ3v) is 14.0. The lowest BCUT2D eigenvalue weighted by molar-refractivity contribution is -0.137. The lowest BCUT2D eigenvalue weighted by atomic mass is 9.91. The highest BCUT2D eigenvalue weighted by molar-refractivity contribution is 5.97. The van der Waals surface area contributed by atoms with Crippen LogP contribution in [0.2, 0.25) is 0 Å². The number of likely N-dealkylation sites (tertiary alicyclic amines) is 2. The van der Waals surface area contributed by atoms with Gasteiger partial charge < -0.3 is 20.4 Å². The highest BCUT2D eigenvalue weighted by Crippen LogP contribution is 2.29. The lowest BCUT2D eigenvalue weighted by Crippen LogP contribution is -2.56. The van der Waals surface area contributed by atoms with E-state index in [2.05, 4.69) is 57.8 Å². The molecule has 1 aromatic carbocycles. The first-order chi connectivity index (χ1) is 27.9. The number of carbonyl (C=O) groups excluding carboxylic acids is 4. The Morgan fingerprint density at radius 1 is 0.544 bits per heavy atom. The van der Waals surface area contributed by atoms with Crippen molar-refractivity contribution < 1.29 is 19.2 Å². The molecule has 4 aliphatic carbocycles. The number of carbonyl (C=O) groups is 4. The fourth-order valence-corrected chi connectivity index (χ4v) is 10.7. The van der Waals surface area contributed by atoms with Crippen molar-refractivity contribution in [1.29, 1.82) is 0 Å². The second-order valence-electron chi connectivity index (χ2n) is 18.5. The Kier molecular flexibility index (Phi) is 17.6. The van der Waals surface area contributed by atoms with Crippen molar-refractivity contribution in [3.8, 4) is 0 Å². The van der Waals surface area contributed by atoms with Gasteiger partial charge in [0.05, 0.1) is 11.8 Å². The first kappa shape index (κ1) is 43.6. The number of benzene rings is 1. The molecule has 0 spiro atoms. The molecule has 0 bridgehead atoms. The highest BCUT2D eigenvalue weighted by atomic mass is 16.2. The molecule has 6 aliphatic rings. The van der Waals surface area contributed by atoms with Gasteiger partial charge in [0, 0.05) is 43.8 Å². The zero-order valence-corrected chi connectivity index (χ0v) is 35.5. The average Bonchev–Trinajstić information content (AvgIpc) is 3.25. The van der Waals surface area contributed by atoms with Gasteiger partial charge >= 0.3 is 12.1 Å². The molecule has 2 saturated heterocycles. The third-order valence-electron chi connectivity index (χ3n) is 14.0. The van der Waals surface area contributed by atoms with Crippen molar-refractivity contribution in [2.45, 2.75) is 185 Å². The number of rotatable bonds is 9. The summed E-state index contributed by atoms with van der Waals surface area (Å²) in [6, 6.07) is 11.0. The quantitative estimate of drug-likeness (QED) is 0.260. The van der Waals surface area contributed by atoms with Gasteiger partial charge in [-0.25, -0.2) is 9.59 Å². The van der Waals surface area contributed by atoms with E-state index in [4.69, 9.17) is 0 Å². The molecule has 6 amide bonds. The Morgan fingerprint density at radius 3 is 1.46 bits per heavy atom. The molecule has 10 nitrogen and oxygen atoms in total. The Hall–Kier alpha value is -2.98. The van der Waals surface area contributed by atoms with Gasteiger partial charge in [0.2, 0.25) is 11.8 Å². The molecule has 4 saturated carbocycles. The summed E-state index contributed by atoms with van der Waals surface area (Å²) in [5.41, 5.74) is 1.34. The second-order valence-corrected chi connectivity index (χ2v) is 18.5. The molecule has 2 atom stereocenters. The smallest absolute Gasteiger partial charge is 0.324 e. The van der Waals surface area contributed by atoms with Gasteiger partial charge in [-0.1, -0.05) is 107 Å². The van der Waals surface area contributed by atoms with Crippen molar-refractivity contribution in [3.63, 3.8) is 0 Å². The molecular formula is C47H76N6O4. The minimum atomic E-state index is -0.116. The Morgan fingerprint density at radius 2 is 0.982 bits per heavy atom. The van der Waals surface area contributed by atoms with Gasteiger partial charge in [0.1, 0.15) is 0 Å². The standard InChI is InChI=1S/C27H41N3O2.C20H35N3O2/c31-26(23-13-10-19-29(21-23)20-18-22-11-4-1-5-12-22)30(25-16-8-3-9-17-25)27(32)28-24-14-6-2-7-15-24;1-22-14-8-9-16(15-22)19(24)23(18-12-6-3-7-13-18)20(25)21-17-10-4-2-5-11-17/h1,4-5,11-12,23-25H,2-3,6-10,13-21H2,(H,28,32);16-18H,2-15H2,1H3,(H,21,25)/t23-;16-/m11/s1. The average molecular weight is 789 g/mol. The minimum absolute atomic E-state index is 0.0159.